The van der Waals surface area contributed by atoms with Crippen molar-refractivity contribution in [2.24, 2.45) is 4.99 Å². The number of hydrogen-bond donors (Lipinski definition) is 0. The third-order valence-corrected chi connectivity index (χ3v) is 7.02. The van der Waals surface area contributed by atoms with Crippen LogP contribution in [-0.2, 0) is 9.53 Å². The Bertz CT molecular complexity index is 1400. The second kappa shape index (κ2) is 10.4. The fourth-order valence-electron chi connectivity index (χ4n) is 3.85. The first kappa shape index (κ1) is 24.0. The second-order valence-corrected chi connectivity index (χ2v) is 9.38. The summed E-state index contributed by atoms with van der Waals surface area (Å²) in [5.41, 5.74) is 1.37. The zero-order valence-electron chi connectivity index (χ0n) is 19.5. The van der Waals surface area contributed by atoms with Crippen molar-refractivity contribution in [2.45, 2.75) is 33.7 Å². The molecule has 1 atom stereocenters. The van der Waals surface area contributed by atoms with Crippen molar-refractivity contribution in [1.29, 1.82) is 0 Å². The number of allylic oxidation sites excluding steroid dienone is 1. The number of thiophene rings is 1. The fourth-order valence-corrected chi connectivity index (χ4v) is 5.62. The lowest BCUT2D eigenvalue weighted by Crippen LogP contribution is -2.39. The molecule has 3 heterocycles. The highest BCUT2D eigenvalue weighted by atomic mass is 32.1. The largest absolute Gasteiger partial charge is 0.490 e. The van der Waals surface area contributed by atoms with Gasteiger partial charge in [-0.3, -0.25) is 9.36 Å². The monoisotopic (exact) mass is 498 g/mol. The third kappa shape index (κ3) is 4.58. The van der Waals surface area contributed by atoms with Crippen LogP contribution in [0.25, 0.3) is 6.08 Å². The van der Waals surface area contributed by atoms with Crippen LogP contribution in [-0.4, -0.2) is 30.4 Å². The number of aromatic nitrogens is 1. The predicted molar refractivity (Wildman–Crippen MR) is 133 cm³/mol. The molecule has 3 aromatic rings. The van der Waals surface area contributed by atoms with Crippen LogP contribution in [0.5, 0.6) is 11.5 Å². The third-order valence-electron chi connectivity index (χ3n) is 5.22. The number of ether oxygens (including phenoxy) is 3. The number of benzene rings is 1. The molecular formula is C25H26N2O5S2. The smallest absolute Gasteiger partial charge is 0.338 e. The van der Waals surface area contributed by atoms with Gasteiger partial charge in [-0.05, 0) is 62.9 Å². The lowest BCUT2D eigenvalue weighted by Gasteiger charge is -2.25. The van der Waals surface area contributed by atoms with E-state index in [4.69, 9.17) is 14.2 Å². The van der Waals surface area contributed by atoms with Gasteiger partial charge < -0.3 is 14.2 Å². The molecule has 1 aliphatic rings. The Kier molecular flexibility index (Phi) is 7.33. The van der Waals surface area contributed by atoms with E-state index in [1.165, 1.54) is 11.3 Å². The topological polar surface area (TPSA) is 79.1 Å². The Hall–Kier alpha value is -3.17. The highest BCUT2D eigenvalue weighted by Crippen LogP contribution is 2.36. The maximum atomic E-state index is 13.6. The molecule has 178 valence electrons. The van der Waals surface area contributed by atoms with Crippen LogP contribution < -0.4 is 24.4 Å². The molecule has 1 aliphatic heterocycles. The number of thiazole rings is 1. The summed E-state index contributed by atoms with van der Waals surface area (Å²) in [7, 11) is 0. The molecule has 4 rings (SSSR count). The zero-order chi connectivity index (χ0) is 24.2. The maximum Gasteiger partial charge on any atom is 0.338 e. The summed E-state index contributed by atoms with van der Waals surface area (Å²) >= 11 is 2.86. The summed E-state index contributed by atoms with van der Waals surface area (Å²) in [5, 5.41) is 1.96. The summed E-state index contributed by atoms with van der Waals surface area (Å²) in [5.74, 6) is 0.671. The first-order valence-corrected chi connectivity index (χ1v) is 12.8. The van der Waals surface area contributed by atoms with E-state index >= 15 is 0 Å². The molecular weight excluding hydrogens is 472 g/mol. The number of rotatable bonds is 8. The van der Waals surface area contributed by atoms with Crippen molar-refractivity contribution in [3.05, 3.63) is 77.1 Å². The summed E-state index contributed by atoms with van der Waals surface area (Å²) in [4.78, 5) is 32.8. The van der Waals surface area contributed by atoms with Crippen LogP contribution in [0.4, 0.5) is 0 Å². The zero-order valence-corrected chi connectivity index (χ0v) is 21.1. The molecule has 0 N–H and O–H groups in total. The normalized spacial score (nSPS) is 15.6. The average Bonchev–Trinajstić information content (AvgIpc) is 3.43. The van der Waals surface area contributed by atoms with Gasteiger partial charge in [0.15, 0.2) is 16.3 Å². The van der Waals surface area contributed by atoms with Crippen molar-refractivity contribution >= 4 is 34.7 Å². The van der Waals surface area contributed by atoms with Gasteiger partial charge in [0, 0.05) is 4.88 Å². The highest BCUT2D eigenvalue weighted by molar-refractivity contribution is 7.11. The molecule has 1 aromatic carbocycles. The minimum atomic E-state index is -0.698. The molecule has 0 fully saturated rings. The first-order valence-electron chi connectivity index (χ1n) is 11.1. The van der Waals surface area contributed by atoms with Gasteiger partial charge in [-0.1, -0.05) is 23.5 Å². The molecule has 0 bridgehead atoms. The average molecular weight is 499 g/mol. The number of esters is 1. The van der Waals surface area contributed by atoms with Crippen molar-refractivity contribution < 1.29 is 19.0 Å². The van der Waals surface area contributed by atoms with E-state index in [-0.39, 0.29) is 12.2 Å². The molecule has 0 aliphatic carbocycles. The second-order valence-electron chi connectivity index (χ2n) is 7.39. The van der Waals surface area contributed by atoms with E-state index < -0.39 is 12.0 Å². The van der Waals surface area contributed by atoms with Gasteiger partial charge in [0.05, 0.1) is 41.7 Å². The minimum absolute atomic E-state index is 0.205. The summed E-state index contributed by atoms with van der Waals surface area (Å²) in [6.45, 7) is 8.48. The number of carbonyl (C=O) groups excluding carboxylic acids is 1. The van der Waals surface area contributed by atoms with Crippen LogP contribution in [0.1, 0.15) is 44.2 Å². The van der Waals surface area contributed by atoms with E-state index in [1.54, 1.807) is 29.8 Å². The molecule has 0 saturated heterocycles. The predicted octanol–water partition coefficient (Wildman–Crippen LogP) is 3.66. The molecule has 0 radical (unpaired) electrons. The first-order chi connectivity index (χ1) is 16.5. The van der Waals surface area contributed by atoms with Crippen molar-refractivity contribution in [3.8, 4) is 11.5 Å². The Morgan fingerprint density at radius 1 is 1.12 bits per heavy atom. The van der Waals surface area contributed by atoms with Crippen molar-refractivity contribution in [3.63, 3.8) is 0 Å². The minimum Gasteiger partial charge on any atom is -0.490 e. The molecule has 0 saturated carbocycles. The van der Waals surface area contributed by atoms with Gasteiger partial charge in [0.25, 0.3) is 5.56 Å². The highest BCUT2D eigenvalue weighted by Gasteiger charge is 2.34. The molecule has 2 aromatic heterocycles. The van der Waals surface area contributed by atoms with Gasteiger partial charge in [0.2, 0.25) is 0 Å². The van der Waals surface area contributed by atoms with E-state index in [1.807, 2.05) is 55.6 Å². The van der Waals surface area contributed by atoms with Crippen LogP contribution in [0.2, 0.25) is 0 Å². The summed E-state index contributed by atoms with van der Waals surface area (Å²) in [6.07, 6.45) is 1.86. The van der Waals surface area contributed by atoms with E-state index in [0.717, 1.165) is 4.88 Å². The van der Waals surface area contributed by atoms with Crippen molar-refractivity contribution in [1.82, 2.24) is 4.57 Å². The van der Waals surface area contributed by atoms with E-state index in [9.17, 15) is 9.59 Å². The molecule has 0 unspecified atom stereocenters. The van der Waals surface area contributed by atoms with Crippen molar-refractivity contribution in [2.75, 3.05) is 19.8 Å². The number of hydrogen-bond acceptors (Lipinski definition) is 8. The lowest BCUT2D eigenvalue weighted by molar-refractivity contribution is -0.139. The molecule has 7 nitrogen and oxygen atoms in total. The SMILES string of the molecule is CCOC(=O)C1=C(C)N=c2s/c(=C\c3cccs3)c(=O)n2[C@H]1c1ccc(OCC)c(OCC)c1. The van der Waals surface area contributed by atoms with Crippen LogP contribution >= 0.6 is 22.7 Å². The van der Waals surface area contributed by atoms with Gasteiger partial charge in [0.1, 0.15) is 0 Å². The van der Waals surface area contributed by atoms with Gasteiger partial charge in [-0.2, -0.15) is 0 Å². The number of carbonyl (C=O) groups is 1. The molecule has 0 amide bonds. The summed E-state index contributed by atoms with van der Waals surface area (Å²) in [6, 6.07) is 8.69. The lowest BCUT2D eigenvalue weighted by atomic mass is 9.95. The Balaban J connectivity index is 1.95. The number of nitrogens with zero attached hydrogens (tertiary/aromatic N) is 2. The van der Waals surface area contributed by atoms with Crippen LogP contribution in [0.3, 0.4) is 0 Å². The Morgan fingerprint density at radius 3 is 2.56 bits per heavy atom. The molecule has 34 heavy (non-hydrogen) atoms. The van der Waals surface area contributed by atoms with E-state index in [0.29, 0.717) is 50.9 Å². The summed E-state index contributed by atoms with van der Waals surface area (Å²) < 4.78 is 19.0. The van der Waals surface area contributed by atoms with E-state index in [2.05, 4.69) is 4.99 Å². The van der Waals surface area contributed by atoms with Gasteiger partial charge >= 0.3 is 5.97 Å². The molecule has 9 heteroatoms. The van der Waals surface area contributed by atoms with Gasteiger partial charge in [-0.25, -0.2) is 9.79 Å². The Morgan fingerprint density at radius 2 is 1.88 bits per heavy atom. The quantitative estimate of drug-likeness (QED) is 0.443. The molecule has 0 spiro atoms. The van der Waals surface area contributed by atoms with Crippen LogP contribution in [0.15, 0.2) is 56.8 Å². The van der Waals surface area contributed by atoms with Gasteiger partial charge in [-0.15, -0.1) is 11.3 Å². The fraction of sp³-hybridized carbons (Fsp3) is 0.320. The van der Waals surface area contributed by atoms with Crippen LogP contribution in [0, 0.1) is 0 Å². The number of fused-ring (bicyclic) bond motifs is 1. The standard InChI is InChI=1S/C25H26N2O5S2/c1-5-30-18-11-10-16(13-19(18)31-6-2)22-21(24(29)32-7-3)15(4)26-25-27(22)23(28)20(34-25)14-17-9-8-12-33-17/h8-14,22H,5-7H2,1-4H3/b20-14-/t22-/m0/s1. The Labute approximate surface area is 205 Å². The maximum absolute atomic E-state index is 13.6.